The van der Waals surface area contributed by atoms with Crippen LogP contribution in [0.5, 0.6) is 0 Å². The number of fused-ring (bicyclic) bond motifs is 1. The highest BCUT2D eigenvalue weighted by atomic mass is 16.1. The largest absolute Gasteiger partial charge is 0.295 e. The molecule has 27 heavy (non-hydrogen) atoms. The highest BCUT2D eigenvalue weighted by Crippen LogP contribution is 2.48. The van der Waals surface area contributed by atoms with E-state index >= 15 is 0 Å². The van der Waals surface area contributed by atoms with Gasteiger partial charge in [0.15, 0.2) is 17.3 Å². The average Bonchev–Trinajstić information content (AvgIpc) is 2.71. The van der Waals surface area contributed by atoms with Crippen LogP contribution in [-0.4, -0.2) is 27.3 Å². The number of carbonyl (C=O) groups is 3. The first-order chi connectivity index (χ1) is 13.2. The normalized spacial score (nSPS) is 21.8. The third-order valence-corrected chi connectivity index (χ3v) is 5.71. The SMILES string of the molecule is O=C1CCCC2=C1C(c1cncnc1)C1=C(C2)C(=O)c2ccccc2C1=O. The second-order valence-electron chi connectivity index (χ2n) is 7.17. The quantitative estimate of drug-likeness (QED) is 0.783. The van der Waals surface area contributed by atoms with Crippen LogP contribution in [0.4, 0.5) is 0 Å². The van der Waals surface area contributed by atoms with Crippen molar-refractivity contribution < 1.29 is 14.4 Å². The molecular weight excluding hydrogens is 340 g/mol. The summed E-state index contributed by atoms with van der Waals surface area (Å²) in [4.78, 5) is 47.5. The Morgan fingerprint density at radius 3 is 2.30 bits per heavy atom. The second kappa shape index (κ2) is 5.91. The summed E-state index contributed by atoms with van der Waals surface area (Å²) in [5, 5.41) is 0. The van der Waals surface area contributed by atoms with Crippen LogP contribution < -0.4 is 0 Å². The fraction of sp³-hybridized carbons (Fsp3) is 0.227. The molecule has 5 rings (SSSR count). The lowest BCUT2D eigenvalue weighted by Crippen LogP contribution is -2.33. The van der Waals surface area contributed by atoms with E-state index in [-0.39, 0.29) is 17.3 Å². The van der Waals surface area contributed by atoms with Gasteiger partial charge in [0.05, 0.1) is 0 Å². The Morgan fingerprint density at radius 1 is 0.852 bits per heavy atom. The number of benzene rings is 1. The van der Waals surface area contributed by atoms with Crippen LogP contribution in [0, 0.1) is 0 Å². The van der Waals surface area contributed by atoms with Gasteiger partial charge in [0.25, 0.3) is 0 Å². The first-order valence-electron chi connectivity index (χ1n) is 9.08. The van der Waals surface area contributed by atoms with Gasteiger partial charge >= 0.3 is 0 Å². The number of nitrogens with zero attached hydrogens (tertiary/aromatic N) is 2. The summed E-state index contributed by atoms with van der Waals surface area (Å²) in [6.07, 6.45) is 7.13. The molecule has 1 aromatic carbocycles. The van der Waals surface area contributed by atoms with Gasteiger partial charge in [-0.15, -0.1) is 0 Å². The first kappa shape index (κ1) is 16.0. The van der Waals surface area contributed by atoms with Crippen molar-refractivity contribution in [2.24, 2.45) is 0 Å². The zero-order chi connectivity index (χ0) is 18.5. The summed E-state index contributed by atoms with van der Waals surface area (Å²) in [7, 11) is 0. The van der Waals surface area contributed by atoms with Gasteiger partial charge in [0.1, 0.15) is 6.33 Å². The van der Waals surface area contributed by atoms with Crippen molar-refractivity contribution in [1.82, 2.24) is 9.97 Å². The lowest BCUT2D eigenvalue weighted by molar-refractivity contribution is -0.116. The Kier molecular flexibility index (Phi) is 3.50. The van der Waals surface area contributed by atoms with Crippen LogP contribution in [0.25, 0.3) is 0 Å². The highest BCUT2D eigenvalue weighted by molar-refractivity contribution is 6.28. The van der Waals surface area contributed by atoms with Crippen molar-refractivity contribution in [3.05, 3.63) is 82.0 Å². The number of hydrogen-bond donors (Lipinski definition) is 0. The highest BCUT2D eigenvalue weighted by Gasteiger charge is 2.44. The van der Waals surface area contributed by atoms with Gasteiger partial charge in [-0.1, -0.05) is 29.8 Å². The molecule has 0 N–H and O–H groups in total. The van der Waals surface area contributed by atoms with E-state index in [2.05, 4.69) is 9.97 Å². The van der Waals surface area contributed by atoms with E-state index in [4.69, 9.17) is 0 Å². The van der Waals surface area contributed by atoms with Crippen molar-refractivity contribution in [3.8, 4) is 0 Å². The van der Waals surface area contributed by atoms with Crippen LogP contribution in [0.15, 0.2) is 65.3 Å². The molecule has 1 unspecified atom stereocenters. The molecule has 3 aliphatic carbocycles. The Balaban J connectivity index is 1.77. The van der Waals surface area contributed by atoms with Crippen LogP contribution in [0.3, 0.4) is 0 Å². The van der Waals surface area contributed by atoms with E-state index in [1.165, 1.54) is 6.33 Å². The number of allylic oxidation sites excluding steroid dienone is 4. The summed E-state index contributed by atoms with van der Waals surface area (Å²) in [6, 6.07) is 6.92. The minimum atomic E-state index is -0.553. The molecule has 0 fully saturated rings. The van der Waals surface area contributed by atoms with Gasteiger partial charge < -0.3 is 0 Å². The molecule has 1 aromatic heterocycles. The molecule has 132 valence electrons. The van der Waals surface area contributed by atoms with E-state index in [9.17, 15) is 14.4 Å². The van der Waals surface area contributed by atoms with E-state index in [0.29, 0.717) is 46.3 Å². The summed E-state index contributed by atoms with van der Waals surface area (Å²) in [5.74, 6) is -0.760. The fourth-order valence-corrected chi connectivity index (χ4v) is 4.56. The molecule has 2 aromatic rings. The van der Waals surface area contributed by atoms with Gasteiger partial charge in [0.2, 0.25) is 0 Å². The summed E-state index contributed by atoms with van der Waals surface area (Å²) in [5.41, 5.74) is 4.18. The predicted molar refractivity (Wildman–Crippen MR) is 97.4 cm³/mol. The van der Waals surface area contributed by atoms with E-state index in [1.807, 2.05) is 0 Å². The van der Waals surface area contributed by atoms with Gasteiger partial charge in [0, 0.05) is 58.1 Å². The summed E-state index contributed by atoms with van der Waals surface area (Å²) >= 11 is 0. The average molecular weight is 356 g/mol. The molecule has 3 aliphatic rings. The number of rotatable bonds is 1. The van der Waals surface area contributed by atoms with E-state index in [0.717, 1.165) is 18.4 Å². The molecule has 0 radical (unpaired) electrons. The number of hydrogen-bond acceptors (Lipinski definition) is 5. The van der Waals surface area contributed by atoms with E-state index in [1.54, 1.807) is 36.7 Å². The molecule has 1 atom stereocenters. The fourth-order valence-electron chi connectivity index (χ4n) is 4.56. The molecule has 0 saturated heterocycles. The summed E-state index contributed by atoms with van der Waals surface area (Å²) in [6.45, 7) is 0. The zero-order valence-corrected chi connectivity index (χ0v) is 14.6. The lowest BCUT2D eigenvalue weighted by atomic mass is 9.65. The second-order valence-corrected chi connectivity index (χ2v) is 7.17. The molecule has 0 aliphatic heterocycles. The number of Topliss-reactive ketones (excluding diaryl/α,β-unsaturated/α-hetero) is 3. The smallest absolute Gasteiger partial charge is 0.191 e. The lowest BCUT2D eigenvalue weighted by Gasteiger charge is -2.36. The van der Waals surface area contributed by atoms with Gasteiger partial charge in [-0.05, 0) is 19.3 Å². The van der Waals surface area contributed by atoms with E-state index < -0.39 is 5.92 Å². The van der Waals surface area contributed by atoms with Gasteiger partial charge in [-0.25, -0.2) is 9.97 Å². The molecule has 0 bridgehead atoms. The molecule has 1 heterocycles. The molecule has 5 nitrogen and oxygen atoms in total. The summed E-state index contributed by atoms with van der Waals surface area (Å²) < 4.78 is 0. The number of aromatic nitrogens is 2. The van der Waals surface area contributed by atoms with Crippen molar-refractivity contribution in [1.29, 1.82) is 0 Å². The first-order valence-corrected chi connectivity index (χ1v) is 9.08. The third kappa shape index (κ3) is 2.28. The molecule has 0 amide bonds. The topological polar surface area (TPSA) is 77.0 Å². The van der Waals surface area contributed by atoms with Crippen molar-refractivity contribution in [2.45, 2.75) is 31.6 Å². The molecule has 0 saturated carbocycles. The van der Waals surface area contributed by atoms with Crippen molar-refractivity contribution in [2.75, 3.05) is 0 Å². The minimum absolute atomic E-state index is 0.0655. The number of ketones is 3. The maximum atomic E-state index is 13.4. The zero-order valence-electron chi connectivity index (χ0n) is 14.6. The van der Waals surface area contributed by atoms with Crippen LogP contribution in [0.1, 0.15) is 57.9 Å². The van der Waals surface area contributed by atoms with Crippen molar-refractivity contribution >= 4 is 17.3 Å². The Labute approximate surface area is 155 Å². The maximum absolute atomic E-state index is 13.4. The Morgan fingerprint density at radius 2 is 1.56 bits per heavy atom. The number of carbonyl (C=O) groups excluding carboxylic acids is 3. The van der Waals surface area contributed by atoms with Gasteiger partial charge in [-0.3, -0.25) is 14.4 Å². The standard InChI is InChI=1S/C22H16N2O3/c25-17-7-3-4-12-8-16-20(19(18(12)17)13-9-23-11-24-10-13)22(27)15-6-2-1-5-14(15)21(16)26/h1-2,5-6,9-11,19H,3-4,7-8H2. The third-order valence-electron chi connectivity index (χ3n) is 5.71. The predicted octanol–water partition coefficient (Wildman–Crippen LogP) is 3.39. The van der Waals surface area contributed by atoms with Crippen molar-refractivity contribution in [3.63, 3.8) is 0 Å². The monoisotopic (exact) mass is 356 g/mol. The van der Waals surface area contributed by atoms with Gasteiger partial charge in [-0.2, -0.15) is 0 Å². The molecule has 0 spiro atoms. The maximum Gasteiger partial charge on any atom is 0.191 e. The Bertz CT molecular complexity index is 1080. The molecular formula is C22H16N2O3. The van der Waals surface area contributed by atoms with Crippen LogP contribution in [0.2, 0.25) is 0 Å². The minimum Gasteiger partial charge on any atom is -0.295 e. The molecule has 5 heteroatoms. The van der Waals surface area contributed by atoms with Crippen LogP contribution in [-0.2, 0) is 4.79 Å². The van der Waals surface area contributed by atoms with Crippen LogP contribution >= 0.6 is 0 Å². The Hall–Kier alpha value is -3.21.